The van der Waals surface area contributed by atoms with Crippen molar-refractivity contribution in [2.75, 3.05) is 6.61 Å². The predicted octanol–water partition coefficient (Wildman–Crippen LogP) is 2.57. The van der Waals surface area contributed by atoms with Crippen LogP contribution in [-0.4, -0.2) is 34.8 Å². The fourth-order valence-electron chi connectivity index (χ4n) is 1.88. The molecular formula is C16H19NO3. The number of hydrogen-bond acceptors (Lipinski definition) is 3. The molecule has 0 heterocycles. The molecule has 0 saturated heterocycles. The van der Waals surface area contributed by atoms with Crippen LogP contribution < -0.4 is 4.74 Å². The highest BCUT2D eigenvalue weighted by molar-refractivity contribution is 5.88. The number of aliphatic hydroxyl groups excluding tert-OH is 1. The SMILES string of the molecule is CC(C)/[N+]([O-])=C/C(O)COc1cccc2ccccc12. The van der Waals surface area contributed by atoms with Crippen LogP contribution in [0.25, 0.3) is 10.8 Å². The molecule has 0 aliphatic carbocycles. The maximum atomic E-state index is 11.4. The number of hydrogen-bond donors (Lipinski definition) is 1. The van der Waals surface area contributed by atoms with E-state index in [4.69, 9.17) is 4.74 Å². The molecule has 106 valence electrons. The Hall–Kier alpha value is -2.07. The second-order valence-corrected chi connectivity index (χ2v) is 4.96. The van der Waals surface area contributed by atoms with Gasteiger partial charge in [-0.05, 0) is 25.3 Å². The van der Waals surface area contributed by atoms with E-state index in [1.165, 1.54) is 6.21 Å². The van der Waals surface area contributed by atoms with Crippen molar-refractivity contribution in [2.45, 2.75) is 26.0 Å². The highest BCUT2D eigenvalue weighted by Crippen LogP contribution is 2.25. The minimum Gasteiger partial charge on any atom is -0.624 e. The van der Waals surface area contributed by atoms with E-state index in [1.54, 1.807) is 13.8 Å². The summed E-state index contributed by atoms with van der Waals surface area (Å²) in [6.07, 6.45) is 0.310. The monoisotopic (exact) mass is 273 g/mol. The Morgan fingerprint density at radius 2 is 1.90 bits per heavy atom. The van der Waals surface area contributed by atoms with E-state index in [0.29, 0.717) is 5.75 Å². The van der Waals surface area contributed by atoms with E-state index >= 15 is 0 Å². The number of ether oxygens (including phenoxy) is 1. The number of hydroxylamine groups is 1. The van der Waals surface area contributed by atoms with Gasteiger partial charge in [0.1, 0.15) is 12.4 Å². The largest absolute Gasteiger partial charge is 0.624 e. The van der Waals surface area contributed by atoms with E-state index in [0.717, 1.165) is 15.5 Å². The van der Waals surface area contributed by atoms with Crippen molar-refractivity contribution in [3.8, 4) is 5.75 Å². The lowest BCUT2D eigenvalue weighted by molar-refractivity contribution is -0.490. The fraction of sp³-hybridized carbons (Fsp3) is 0.312. The first-order chi connectivity index (χ1) is 9.58. The standard InChI is InChI=1S/C16H19NO3/c1-12(2)17(19)10-14(18)11-20-16-9-5-7-13-6-3-4-8-15(13)16/h3-10,12,14,18H,11H2,1-2H3/b17-10-. The summed E-state index contributed by atoms with van der Waals surface area (Å²) in [6.45, 7) is 3.59. The third kappa shape index (κ3) is 3.48. The van der Waals surface area contributed by atoms with Gasteiger partial charge < -0.3 is 15.1 Å². The fourth-order valence-corrected chi connectivity index (χ4v) is 1.88. The summed E-state index contributed by atoms with van der Waals surface area (Å²) >= 11 is 0. The number of aliphatic hydroxyl groups is 1. The first-order valence-electron chi connectivity index (χ1n) is 6.67. The minimum absolute atomic E-state index is 0.0550. The molecule has 2 aromatic rings. The van der Waals surface area contributed by atoms with Crippen molar-refractivity contribution in [2.24, 2.45) is 0 Å². The molecular weight excluding hydrogens is 254 g/mol. The summed E-state index contributed by atoms with van der Waals surface area (Å²) in [5, 5.41) is 23.3. The molecule has 4 heteroatoms. The van der Waals surface area contributed by atoms with Gasteiger partial charge in [-0.2, -0.15) is 0 Å². The van der Waals surface area contributed by atoms with Crippen LogP contribution in [0.3, 0.4) is 0 Å². The van der Waals surface area contributed by atoms with Crippen LogP contribution >= 0.6 is 0 Å². The molecule has 1 N–H and O–H groups in total. The third-order valence-corrected chi connectivity index (χ3v) is 2.99. The van der Waals surface area contributed by atoms with Crippen LogP contribution in [0.2, 0.25) is 0 Å². The first kappa shape index (κ1) is 14.3. The minimum atomic E-state index is -0.922. The Morgan fingerprint density at radius 1 is 1.20 bits per heavy atom. The Bertz CT molecular complexity index is 602. The molecule has 0 bridgehead atoms. The number of nitrogens with zero attached hydrogens (tertiary/aromatic N) is 1. The quantitative estimate of drug-likeness (QED) is 0.394. The average Bonchev–Trinajstić information content (AvgIpc) is 2.44. The van der Waals surface area contributed by atoms with Gasteiger partial charge in [-0.25, -0.2) is 4.74 Å². The van der Waals surface area contributed by atoms with Crippen molar-refractivity contribution in [1.82, 2.24) is 0 Å². The summed E-state index contributed by atoms with van der Waals surface area (Å²) in [5.41, 5.74) is 0. The summed E-state index contributed by atoms with van der Waals surface area (Å²) in [4.78, 5) is 0. The van der Waals surface area contributed by atoms with Crippen molar-refractivity contribution in [1.29, 1.82) is 0 Å². The van der Waals surface area contributed by atoms with Gasteiger partial charge in [-0.15, -0.1) is 0 Å². The maximum absolute atomic E-state index is 11.4. The van der Waals surface area contributed by atoms with Gasteiger partial charge in [0, 0.05) is 5.39 Å². The van der Waals surface area contributed by atoms with E-state index in [-0.39, 0.29) is 12.6 Å². The average molecular weight is 273 g/mol. The molecule has 0 saturated carbocycles. The Labute approximate surface area is 118 Å². The van der Waals surface area contributed by atoms with E-state index in [2.05, 4.69) is 0 Å². The Balaban J connectivity index is 2.08. The highest BCUT2D eigenvalue weighted by Gasteiger charge is 2.10. The van der Waals surface area contributed by atoms with E-state index in [1.807, 2.05) is 42.5 Å². The first-order valence-corrected chi connectivity index (χ1v) is 6.67. The van der Waals surface area contributed by atoms with Crippen LogP contribution in [0.15, 0.2) is 42.5 Å². The van der Waals surface area contributed by atoms with Crippen LogP contribution in [0.1, 0.15) is 13.8 Å². The summed E-state index contributed by atoms with van der Waals surface area (Å²) in [6, 6.07) is 13.4. The lowest BCUT2D eigenvalue weighted by Gasteiger charge is -2.12. The molecule has 1 atom stereocenters. The number of fused-ring (bicyclic) bond motifs is 1. The molecule has 0 aliphatic rings. The molecule has 20 heavy (non-hydrogen) atoms. The molecule has 4 nitrogen and oxygen atoms in total. The predicted molar refractivity (Wildman–Crippen MR) is 80.3 cm³/mol. The second-order valence-electron chi connectivity index (χ2n) is 4.96. The van der Waals surface area contributed by atoms with Crippen molar-refractivity contribution >= 4 is 17.0 Å². The van der Waals surface area contributed by atoms with Gasteiger partial charge >= 0.3 is 0 Å². The van der Waals surface area contributed by atoms with Crippen LogP contribution in [0.5, 0.6) is 5.75 Å². The molecule has 0 aliphatic heterocycles. The number of rotatable bonds is 5. The van der Waals surface area contributed by atoms with Gasteiger partial charge in [-0.1, -0.05) is 36.4 Å². The summed E-state index contributed by atoms with van der Waals surface area (Å²) < 4.78 is 6.35. The van der Waals surface area contributed by atoms with Crippen LogP contribution in [-0.2, 0) is 0 Å². The lowest BCUT2D eigenvalue weighted by atomic mass is 10.1. The third-order valence-electron chi connectivity index (χ3n) is 2.99. The Kier molecular flexibility index (Phi) is 4.58. The summed E-state index contributed by atoms with van der Waals surface area (Å²) in [5.74, 6) is 0.706. The van der Waals surface area contributed by atoms with Crippen molar-refractivity contribution in [3.63, 3.8) is 0 Å². The van der Waals surface area contributed by atoms with Gasteiger partial charge in [0.2, 0.25) is 0 Å². The lowest BCUT2D eigenvalue weighted by Crippen LogP contribution is -2.26. The zero-order valence-electron chi connectivity index (χ0n) is 11.7. The zero-order valence-corrected chi connectivity index (χ0v) is 11.7. The van der Waals surface area contributed by atoms with E-state index in [9.17, 15) is 10.3 Å². The smallest absolute Gasteiger partial charge is 0.183 e. The topological polar surface area (TPSA) is 55.5 Å². The maximum Gasteiger partial charge on any atom is 0.183 e. The Morgan fingerprint density at radius 3 is 2.65 bits per heavy atom. The molecule has 0 aromatic heterocycles. The number of benzene rings is 2. The van der Waals surface area contributed by atoms with Gasteiger partial charge in [0.05, 0.1) is 0 Å². The molecule has 2 aromatic carbocycles. The summed E-state index contributed by atoms with van der Waals surface area (Å²) in [7, 11) is 0. The van der Waals surface area contributed by atoms with Crippen LogP contribution in [0.4, 0.5) is 0 Å². The molecule has 0 radical (unpaired) electrons. The zero-order chi connectivity index (χ0) is 14.5. The van der Waals surface area contributed by atoms with Gasteiger partial charge in [0.25, 0.3) is 0 Å². The van der Waals surface area contributed by atoms with Crippen LogP contribution in [0, 0.1) is 5.21 Å². The molecule has 0 fully saturated rings. The van der Waals surface area contributed by atoms with Crippen molar-refractivity contribution in [3.05, 3.63) is 47.7 Å². The van der Waals surface area contributed by atoms with E-state index < -0.39 is 6.10 Å². The molecule has 1 unspecified atom stereocenters. The van der Waals surface area contributed by atoms with Gasteiger partial charge in [0.15, 0.2) is 18.4 Å². The second kappa shape index (κ2) is 6.39. The van der Waals surface area contributed by atoms with Crippen molar-refractivity contribution < 1.29 is 14.6 Å². The molecule has 0 spiro atoms. The molecule has 2 rings (SSSR count). The molecule has 0 amide bonds. The highest BCUT2D eigenvalue weighted by atomic mass is 16.5. The normalized spacial score (nSPS) is 13.7. The van der Waals surface area contributed by atoms with Gasteiger partial charge in [-0.3, -0.25) is 0 Å².